The number of hydrogen-bond donors (Lipinski definition) is 4. The molecule has 0 spiro atoms. The van der Waals surface area contributed by atoms with Crippen molar-refractivity contribution in [1.29, 1.82) is 0 Å². The number of nitrogens with zero attached hydrogens (tertiary/aromatic N) is 2. The lowest BCUT2D eigenvalue weighted by Crippen LogP contribution is -2.30. The topological polar surface area (TPSA) is 141 Å². The molecule has 0 fully saturated rings. The predicted molar refractivity (Wildman–Crippen MR) is 137 cm³/mol. The van der Waals surface area contributed by atoms with Gasteiger partial charge in [0.1, 0.15) is 0 Å². The average Bonchev–Trinajstić information content (AvgIpc) is 2.89. The zero-order valence-electron chi connectivity index (χ0n) is 21.5. The standard InChI is InChI=1S/C25H24F6N6O4/c1-14(16-6-3-8-18(12-16)32-22(40)24(26,27)28)34-36-20(38)10-5-11-21(39)37-35-15(2)17-7-4-9-19(13-17)33-23(41)25(29,30)31/h3-4,6-9,12-13H,5,10-11H2,1-2H3,(H,32,40)(H,33,41)(H,36,38)(H,37,39)/b34-14-,35-15-. The highest BCUT2D eigenvalue weighted by Crippen LogP contribution is 2.20. The molecule has 2 aromatic rings. The second-order valence-electron chi connectivity index (χ2n) is 8.38. The van der Waals surface area contributed by atoms with Crippen LogP contribution in [0.15, 0.2) is 58.7 Å². The van der Waals surface area contributed by atoms with Gasteiger partial charge in [0, 0.05) is 24.2 Å². The SMILES string of the molecule is C/C(=N/NC(=O)CCCC(=O)N/N=C(/C)c1cccc(NC(=O)C(F)(F)F)c1)c1cccc(NC(=O)C(F)(F)F)c1. The van der Waals surface area contributed by atoms with E-state index in [2.05, 4.69) is 21.1 Å². The third-order valence-electron chi connectivity index (χ3n) is 5.10. The monoisotopic (exact) mass is 586 g/mol. The van der Waals surface area contributed by atoms with Crippen LogP contribution in [0.3, 0.4) is 0 Å². The first-order valence-electron chi connectivity index (χ1n) is 11.7. The maximum Gasteiger partial charge on any atom is 0.471 e. The molecule has 0 atom stereocenters. The summed E-state index contributed by atoms with van der Waals surface area (Å²) >= 11 is 0. The van der Waals surface area contributed by atoms with Crippen LogP contribution in [0.1, 0.15) is 44.2 Å². The number of carbonyl (C=O) groups is 4. The van der Waals surface area contributed by atoms with Crippen LogP contribution in [-0.2, 0) is 19.2 Å². The van der Waals surface area contributed by atoms with E-state index >= 15 is 0 Å². The summed E-state index contributed by atoms with van der Waals surface area (Å²) in [6, 6.07) is 10.8. The van der Waals surface area contributed by atoms with Crippen molar-refractivity contribution in [3.8, 4) is 0 Å². The highest BCUT2D eigenvalue weighted by Gasteiger charge is 2.39. The van der Waals surface area contributed by atoms with Crippen LogP contribution in [0.2, 0.25) is 0 Å². The van der Waals surface area contributed by atoms with Gasteiger partial charge in [-0.3, -0.25) is 19.2 Å². The molecular formula is C25H24F6N6O4. The molecule has 0 heterocycles. The third kappa shape index (κ3) is 11.1. The number of alkyl halides is 6. The molecule has 0 saturated heterocycles. The van der Waals surface area contributed by atoms with Crippen molar-refractivity contribution in [2.45, 2.75) is 45.5 Å². The lowest BCUT2D eigenvalue weighted by atomic mass is 10.1. The van der Waals surface area contributed by atoms with Crippen molar-refractivity contribution in [3.63, 3.8) is 0 Å². The first kappa shape index (κ1) is 32.5. The molecule has 0 bridgehead atoms. The van der Waals surface area contributed by atoms with Gasteiger partial charge in [0.05, 0.1) is 11.4 Å². The van der Waals surface area contributed by atoms with E-state index in [1.54, 1.807) is 10.6 Å². The van der Waals surface area contributed by atoms with Crippen molar-refractivity contribution >= 4 is 46.4 Å². The van der Waals surface area contributed by atoms with Crippen LogP contribution in [-0.4, -0.2) is 47.4 Å². The number of carbonyl (C=O) groups excluding carboxylic acids is 4. The van der Waals surface area contributed by atoms with Crippen LogP contribution in [0.5, 0.6) is 0 Å². The summed E-state index contributed by atoms with van der Waals surface area (Å²) in [5.74, 6) is -5.36. The van der Waals surface area contributed by atoms with Gasteiger partial charge in [0.2, 0.25) is 11.8 Å². The number of halogens is 6. The summed E-state index contributed by atoms with van der Waals surface area (Å²) in [5, 5.41) is 11.2. The van der Waals surface area contributed by atoms with E-state index in [4.69, 9.17) is 0 Å². The van der Waals surface area contributed by atoms with Crippen molar-refractivity contribution < 1.29 is 45.5 Å². The van der Waals surface area contributed by atoms with Crippen molar-refractivity contribution in [2.24, 2.45) is 10.2 Å². The maximum atomic E-state index is 12.4. The van der Waals surface area contributed by atoms with Crippen LogP contribution in [0.4, 0.5) is 37.7 Å². The molecule has 0 aliphatic heterocycles. The Labute approximate surface area is 229 Å². The van der Waals surface area contributed by atoms with Crippen molar-refractivity contribution in [2.75, 3.05) is 10.6 Å². The van der Waals surface area contributed by atoms with Gasteiger partial charge in [-0.15, -0.1) is 0 Å². The zero-order valence-corrected chi connectivity index (χ0v) is 21.5. The molecule has 2 aromatic carbocycles. The molecule has 10 nitrogen and oxygen atoms in total. The van der Waals surface area contributed by atoms with Crippen LogP contribution < -0.4 is 21.5 Å². The lowest BCUT2D eigenvalue weighted by Gasteiger charge is -2.09. The molecule has 0 aromatic heterocycles. The van der Waals surface area contributed by atoms with Gasteiger partial charge in [-0.25, -0.2) is 10.9 Å². The Morgan fingerprint density at radius 3 is 1.37 bits per heavy atom. The summed E-state index contributed by atoms with van der Waals surface area (Å²) < 4.78 is 74.6. The van der Waals surface area contributed by atoms with E-state index in [-0.39, 0.29) is 42.1 Å². The first-order valence-corrected chi connectivity index (χ1v) is 11.7. The second-order valence-corrected chi connectivity index (χ2v) is 8.38. The van der Waals surface area contributed by atoms with Gasteiger partial charge in [-0.2, -0.15) is 36.5 Å². The normalized spacial score (nSPS) is 12.4. The number of amides is 4. The largest absolute Gasteiger partial charge is 0.471 e. The van der Waals surface area contributed by atoms with E-state index in [1.165, 1.54) is 62.4 Å². The minimum atomic E-state index is -5.05. The number of benzene rings is 2. The summed E-state index contributed by atoms with van der Waals surface area (Å²) in [6.45, 7) is 2.97. The molecule has 2 rings (SSSR count). The summed E-state index contributed by atoms with van der Waals surface area (Å²) in [6.07, 6.45) is -10.2. The van der Waals surface area contributed by atoms with E-state index < -0.39 is 36.0 Å². The molecule has 16 heteroatoms. The van der Waals surface area contributed by atoms with Gasteiger partial charge >= 0.3 is 24.2 Å². The number of nitrogens with one attached hydrogen (secondary N) is 4. The zero-order chi connectivity index (χ0) is 30.8. The van der Waals surface area contributed by atoms with Crippen molar-refractivity contribution in [1.82, 2.24) is 10.9 Å². The minimum absolute atomic E-state index is 0.102. The highest BCUT2D eigenvalue weighted by molar-refractivity contribution is 6.02. The lowest BCUT2D eigenvalue weighted by molar-refractivity contribution is -0.167. The van der Waals surface area contributed by atoms with E-state index in [0.29, 0.717) is 11.1 Å². The molecule has 0 aliphatic carbocycles. The van der Waals surface area contributed by atoms with E-state index in [1.807, 2.05) is 0 Å². The quantitative estimate of drug-likeness (QED) is 0.188. The number of anilines is 2. The molecule has 0 radical (unpaired) electrons. The van der Waals surface area contributed by atoms with Crippen LogP contribution >= 0.6 is 0 Å². The Hall–Kier alpha value is -4.76. The van der Waals surface area contributed by atoms with Gasteiger partial charge < -0.3 is 10.6 Å². The van der Waals surface area contributed by atoms with E-state index in [9.17, 15) is 45.5 Å². The molecule has 41 heavy (non-hydrogen) atoms. The third-order valence-corrected chi connectivity index (χ3v) is 5.10. The van der Waals surface area contributed by atoms with Gasteiger partial charge in [-0.05, 0) is 55.7 Å². The van der Waals surface area contributed by atoms with Gasteiger partial charge in [-0.1, -0.05) is 24.3 Å². The number of hydrazone groups is 2. The summed E-state index contributed by atoms with van der Waals surface area (Å²) in [7, 11) is 0. The highest BCUT2D eigenvalue weighted by atomic mass is 19.4. The molecule has 4 N–H and O–H groups in total. The molecule has 0 saturated carbocycles. The fraction of sp³-hybridized carbons (Fsp3) is 0.280. The molecule has 4 amide bonds. The summed E-state index contributed by atoms with van der Waals surface area (Å²) in [5.41, 5.74) is 5.45. The second kappa shape index (κ2) is 14.0. The van der Waals surface area contributed by atoms with Gasteiger partial charge in [0.15, 0.2) is 0 Å². The minimum Gasteiger partial charge on any atom is -0.318 e. The number of hydrogen-bond acceptors (Lipinski definition) is 6. The predicted octanol–water partition coefficient (Wildman–Crippen LogP) is 4.24. The average molecular weight is 586 g/mol. The Kier molecular flexibility index (Phi) is 11.1. The fourth-order valence-corrected chi connectivity index (χ4v) is 2.99. The fourth-order valence-electron chi connectivity index (χ4n) is 2.99. The smallest absolute Gasteiger partial charge is 0.318 e. The van der Waals surface area contributed by atoms with E-state index in [0.717, 1.165) is 0 Å². The molecular weight excluding hydrogens is 562 g/mol. The molecule has 0 aliphatic rings. The molecule has 220 valence electrons. The van der Waals surface area contributed by atoms with Crippen molar-refractivity contribution in [3.05, 3.63) is 59.7 Å². The van der Waals surface area contributed by atoms with Crippen LogP contribution in [0.25, 0.3) is 0 Å². The molecule has 0 unspecified atom stereocenters. The Morgan fingerprint density at radius 1 is 0.659 bits per heavy atom. The summed E-state index contributed by atoms with van der Waals surface area (Å²) in [4.78, 5) is 46.3. The number of rotatable bonds is 10. The first-order chi connectivity index (χ1) is 19.1. The van der Waals surface area contributed by atoms with Gasteiger partial charge in [0.25, 0.3) is 0 Å². The van der Waals surface area contributed by atoms with Crippen LogP contribution in [0, 0.1) is 0 Å². The Bertz CT molecular complexity index is 1250. The Morgan fingerprint density at radius 2 is 1.02 bits per heavy atom. The maximum absolute atomic E-state index is 12.4. The Balaban J connectivity index is 1.82.